The van der Waals surface area contributed by atoms with Crippen LogP contribution in [0.1, 0.15) is 39.5 Å². The van der Waals surface area contributed by atoms with Crippen LogP contribution in [0.4, 0.5) is 0 Å². The van der Waals surface area contributed by atoms with Crippen molar-refractivity contribution in [1.82, 2.24) is 15.1 Å². The van der Waals surface area contributed by atoms with Gasteiger partial charge in [-0.25, -0.2) is 0 Å². The van der Waals surface area contributed by atoms with Crippen molar-refractivity contribution in [2.75, 3.05) is 45.9 Å². The van der Waals surface area contributed by atoms with Gasteiger partial charge in [-0.1, -0.05) is 0 Å². The molecule has 1 aliphatic carbocycles. The predicted molar refractivity (Wildman–Crippen MR) is 88.9 cm³/mol. The Hall–Kier alpha value is -1.16. The average molecular weight is 322 g/mol. The van der Waals surface area contributed by atoms with Crippen molar-refractivity contribution < 1.29 is 9.53 Å². The van der Waals surface area contributed by atoms with Crippen LogP contribution in [0.25, 0.3) is 0 Å². The topological polar surface area (TPSA) is 68.6 Å². The molecule has 1 heterocycles. The minimum Gasteiger partial charge on any atom is -0.380 e. The molecule has 23 heavy (non-hydrogen) atoms. The van der Waals surface area contributed by atoms with Crippen LogP contribution in [0.2, 0.25) is 0 Å². The highest BCUT2D eigenvalue weighted by Gasteiger charge is 2.36. The summed E-state index contributed by atoms with van der Waals surface area (Å²) < 4.78 is 5.42. The maximum Gasteiger partial charge on any atom is 0.235 e. The van der Waals surface area contributed by atoms with E-state index in [1.165, 1.54) is 0 Å². The summed E-state index contributed by atoms with van der Waals surface area (Å²) in [6.07, 6.45) is 3.64. The van der Waals surface area contributed by atoms with Gasteiger partial charge in [-0.2, -0.15) is 5.26 Å². The van der Waals surface area contributed by atoms with Crippen molar-refractivity contribution >= 4 is 5.91 Å². The molecule has 0 aromatic carbocycles. The largest absolute Gasteiger partial charge is 0.380 e. The van der Waals surface area contributed by atoms with Crippen molar-refractivity contribution in [3.63, 3.8) is 0 Å². The van der Waals surface area contributed by atoms with E-state index < -0.39 is 5.54 Å². The fourth-order valence-corrected chi connectivity index (χ4v) is 3.63. The molecule has 1 saturated heterocycles. The van der Waals surface area contributed by atoms with Crippen LogP contribution in [0.15, 0.2) is 0 Å². The second kappa shape index (κ2) is 8.62. The molecule has 6 heteroatoms. The van der Waals surface area contributed by atoms with Gasteiger partial charge < -0.3 is 10.1 Å². The molecule has 2 fully saturated rings. The highest BCUT2D eigenvalue weighted by molar-refractivity contribution is 5.79. The number of amides is 1. The molecule has 6 nitrogen and oxygen atoms in total. The molecule has 0 aromatic rings. The summed E-state index contributed by atoms with van der Waals surface area (Å²) in [5.74, 6) is -0.0107. The first-order chi connectivity index (χ1) is 11.1. The van der Waals surface area contributed by atoms with Gasteiger partial charge in [0.2, 0.25) is 5.91 Å². The number of ether oxygens (including phenoxy) is 1. The molecule has 2 rings (SSSR count). The van der Waals surface area contributed by atoms with Crippen molar-refractivity contribution in [2.45, 2.75) is 51.1 Å². The zero-order valence-electron chi connectivity index (χ0n) is 14.5. The third-order valence-electron chi connectivity index (χ3n) is 4.99. The molecule has 1 amide bonds. The molecule has 0 aromatic heterocycles. The molecule has 0 radical (unpaired) electrons. The number of hydrogen-bond donors (Lipinski definition) is 1. The number of rotatable bonds is 7. The number of nitriles is 1. The summed E-state index contributed by atoms with van der Waals surface area (Å²) in [4.78, 5) is 16.9. The summed E-state index contributed by atoms with van der Waals surface area (Å²) >= 11 is 0. The first-order valence-electron chi connectivity index (χ1n) is 8.85. The Labute approximate surface area is 139 Å². The predicted octanol–water partition coefficient (Wildman–Crippen LogP) is 0.982. The Bertz CT molecular complexity index is 429. The number of nitrogens with zero attached hydrogens (tertiary/aromatic N) is 3. The zero-order chi connectivity index (χ0) is 16.7. The van der Waals surface area contributed by atoms with Crippen molar-refractivity contribution in [3.05, 3.63) is 0 Å². The van der Waals surface area contributed by atoms with Crippen molar-refractivity contribution in [2.24, 2.45) is 0 Å². The fraction of sp³-hybridized carbons (Fsp3) is 0.882. The lowest BCUT2D eigenvalue weighted by molar-refractivity contribution is -0.124. The monoisotopic (exact) mass is 322 g/mol. The maximum absolute atomic E-state index is 12.3. The first-order valence-corrected chi connectivity index (χ1v) is 8.85. The van der Waals surface area contributed by atoms with Gasteiger partial charge in [0.15, 0.2) is 0 Å². The van der Waals surface area contributed by atoms with Crippen molar-refractivity contribution in [1.29, 1.82) is 5.26 Å². The van der Waals surface area contributed by atoms with Crippen LogP contribution in [-0.4, -0.2) is 73.2 Å². The Kier molecular flexibility index (Phi) is 6.82. The van der Waals surface area contributed by atoms with Gasteiger partial charge in [0, 0.05) is 38.8 Å². The van der Waals surface area contributed by atoms with Gasteiger partial charge in [-0.3, -0.25) is 14.6 Å². The van der Waals surface area contributed by atoms with Crippen LogP contribution < -0.4 is 5.32 Å². The lowest BCUT2D eigenvalue weighted by Crippen LogP contribution is -2.56. The summed E-state index contributed by atoms with van der Waals surface area (Å²) in [7, 11) is 0. The first kappa shape index (κ1) is 18.2. The van der Waals surface area contributed by atoms with E-state index in [2.05, 4.69) is 28.1 Å². The van der Waals surface area contributed by atoms with Gasteiger partial charge in [-0.05, 0) is 39.5 Å². The lowest BCUT2D eigenvalue weighted by Gasteiger charge is -2.39. The Morgan fingerprint density at radius 1 is 1.39 bits per heavy atom. The summed E-state index contributed by atoms with van der Waals surface area (Å²) in [6.45, 7) is 9.83. The van der Waals surface area contributed by atoms with E-state index in [4.69, 9.17) is 4.74 Å². The molecule has 1 aliphatic heterocycles. The molecule has 1 saturated carbocycles. The standard InChI is InChI=1S/C17H30N4O2/c1-3-23-11-10-21-9-8-20(12-15(21)2)13-16(22)19-17(14-18)6-4-5-7-17/h15H,3-13H2,1-2H3,(H,19,22)/t15-/m0/s1. The van der Waals surface area contributed by atoms with Gasteiger partial charge in [0.1, 0.15) is 5.54 Å². The van der Waals surface area contributed by atoms with Crippen LogP contribution in [0.3, 0.4) is 0 Å². The summed E-state index contributed by atoms with van der Waals surface area (Å²) in [5.41, 5.74) is -0.609. The normalized spacial score (nSPS) is 25.2. The molecule has 0 unspecified atom stereocenters. The Morgan fingerprint density at radius 3 is 2.74 bits per heavy atom. The zero-order valence-corrected chi connectivity index (χ0v) is 14.5. The average Bonchev–Trinajstić information content (AvgIpc) is 2.98. The van der Waals surface area contributed by atoms with Gasteiger partial charge >= 0.3 is 0 Å². The number of carbonyl (C=O) groups excluding carboxylic acids is 1. The Morgan fingerprint density at radius 2 is 2.13 bits per heavy atom. The fourth-order valence-electron chi connectivity index (χ4n) is 3.63. The molecule has 0 spiro atoms. The summed E-state index contributed by atoms with van der Waals surface area (Å²) in [6, 6.07) is 2.74. The molecule has 0 bridgehead atoms. The molecular formula is C17H30N4O2. The summed E-state index contributed by atoms with van der Waals surface area (Å²) in [5, 5.41) is 12.3. The van der Waals surface area contributed by atoms with Gasteiger partial charge in [0.25, 0.3) is 0 Å². The quantitative estimate of drug-likeness (QED) is 0.708. The smallest absolute Gasteiger partial charge is 0.235 e. The third kappa shape index (κ3) is 5.17. The van der Waals surface area contributed by atoms with Crippen LogP contribution in [-0.2, 0) is 9.53 Å². The van der Waals surface area contributed by atoms with E-state index >= 15 is 0 Å². The van der Waals surface area contributed by atoms with Crippen molar-refractivity contribution in [3.8, 4) is 6.07 Å². The highest BCUT2D eigenvalue weighted by Crippen LogP contribution is 2.28. The van der Waals surface area contributed by atoms with E-state index in [-0.39, 0.29) is 5.91 Å². The lowest BCUT2D eigenvalue weighted by atomic mass is 10.00. The number of piperazine rings is 1. The minimum atomic E-state index is -0.609. The highest BCUT2D eigenvalue weighted by atomic mass is 16.5. The second-order valence-electron chi connectivity index (χ2n) is 6.77. The second-order valence-corrected chi connectivity index (χ2v) is 6.77. The van der Waals surface area contributed by atoms with E-state index in [1.54, 1.807) is 0 Å². The van der Waals surface area contributed by atoms with E-state index in [0.717, 1.165) is 65.1 Å². The maximum atomic E-state index is 12.3. The van der Waals surface area contributed by atoms with E-state index in [1.807, 2.05) is 6.92 Å². The number of nitrogens with one attached hydrogen (secondary N) is 1. The van der Waals surface area contributed by atoms with Crippen LogP contribution in [0, 0.1) is 11.3 Å². The van der Waals surface area contributed by atoms with Crippen LogP contribution in [0.5, 0.6) is 0 Å². The SMILES string of the molecule is CCOCCN1CCN(CC(=O)NC2(C#N)CCCC2)C[C@@H]1C. The van der Waals surface area contributed by atoms with E-state index in [9.17, 15) is 10.1 Å². The third-order valence-corrected chi connectivity index (χ3v) is 4.99. The molecular weight excluding hydrogens is 292 g/mol. The number of carbonyl (C=O) groups is 1. The number of hydrogen-bond acceptors (Lipinski definition) is 5. The van der Waals surface area contributed by atoms with Crippen LogP contribution >= 0.6 is 0 Å². The molecule has 2 aliphatic rings. The Balaban J connectivity index is 1.74. The molecule has 130 valence electrons. The minimum absolute atomic E-state index is 0.0107. The van der Waals surface area contributed by atoms with Gasteiger partial charge in [0.05, 0.1) is 19.2 Å². The molecule has 1 N–H and O–H groups in total. The molecule has 1 atom stereocenters. The van der Waals surface area contributed by atoms with E-state index in [0.29, 0.717) is 12.6 Å². The van der Waals surface area contributed by atoms with Gasteiger partial charge in [-0.15, -0.1) is 0 Å².